The standard InChI is InChI=1S/C21H21F3N2O2/c1-12-6-14(20(27)28)9-19(25-12)26-10-15-7-13(8-16(15)11-26)17-4-2-3-5-18(17)21(22,23)24/h2-6,9,13,15-16H,7-8,10-11H2,1H3,(H,27,28). The Hall–Kier alpha value is -2.57. The molecule has 1 saturated heterocycles. The number of halogens is 3. The second-order valence-electron chi connectivity index (χ2n) is 7.84. The van der Waals surface area contributed by atoms with E-state index in [1.807, 2.05) is 0 Å². The maximum absolute atomic E-state index is 13.4. The molecule has 1 N–H and O–H groups in total. The molecule has 1 aliphatic heterocycles. The average Bonchev–Trinajstić information content (AvgIpc) is 3.19. The predicted molar refractivity (Wildman–Crippen MR) is 98.5 cm³/mol. The van der Waals surface area contributed by atoms with Gasteiger partial charge in [0.15, 0.2) is 0 Å². The lowest BCUT2D eigenvalue weighted by molar-refractivity contribution is -0.138. The molecular weight excluding hydrogens is 369 g/mol. The Labute approximate surface area is 161 Å². The van der Waals surface area contributed by atoms with Gasteiger partial charge in [-0.25, -0.2) is 9.78 Å². The minimum absolute atomic E-state index is 0.0879. The summed E-state index contributed by atoms with van der Waals surface area (Å²) in [6.45, 7) is 3.16. The fraction of sp³-hybridized carbons (Fsp3) is 0.429. The predicted octanol–water partition coefficient (Wildman–Crippen LogP) is 4.74. The number of benzene rings is 1. The van der Waals surface area contributed by atoms with E-state index >= 15 is 0 Å². The fourth-order valence-electron chi connectivity index (χ4n) is 4.79. The molecule has 148 valence electrons. The molecule has 0 spiro atoms. The summed E-state index contributed by atoms with van der Waals surface area (Å²) < 4.78 is 40.1. The molecule has 2 heterocycles. The third-order valence-electron chi connectivity index (χ3n) is 5.97. The monoisotopic (exact) mass is 390 g/mol. The lowest BCUT2D eigenvalue weighted by atomic mass is 9.91. The van der Waals surface area contributed by atoms with E-state index in [1.54, 1.807) is 25.1 Å². The van der Waals surface area contributed by atoms with Gasteiger partial charge in [-0.2, -0.15) is 13.2 Å². The fourth-order valence-corrected chi connectivity index (χ4v) is 4.79. The summed E-state index contributed by atoms with van der Waals surface area (Å²) in [5, 5.41) is 9.25. The zero-order valence-corrected chi connectivity index (χ0v) is 15.4. The topological polar surface area (TPSA) is 53.4 Å². The van der Waals surface area contributed by atoms with Crippen molar-refractivity contribution >= 4 is 11.8 Å². The number of nitrogens with zero attached hydrogens (tertiary/aromatic N) is 2. The van der Waals surface area contributed by atoms with E-state index in [9.17, 15) is 23.1 Å². The Morgan fingerprint density at radius 3 is 2.39 bits per heavy atom. The van der Waals surface area contributed by atoms with Gasteiger partial charge in [-0.1, -0.05) is 18.2 Å². The molecule has 1 aromatic carbocycles. The van der Waals surface area contributed by atoms with Gasteiger partial charge in [0.1, 0.15) is 5.82 Å². The van der Waals surface area contributed by atoms with Crippen molar-refractivity contribution < 1.29 is 23.1 Å². The highest BCUT2D eigenvalue weighted by molar-refractivity contribution is 5.88. The van der Waals surface area contributed by atoms with Crippen molar-refractivity contribution in [3.8, 4) is 0 Å². The lowest BCUT2D eigenvalue weighted by Gasteiger charge is -2.22. The first-order chi connectivity index (χ1) is 13.2. The average molecular weight is 390 g/mol. The van der Waals surface area contributed by atoms with Crippen molar-refractivity contribution in [2.24, 2.45) is 11.8 Å². The highest BCUT2D eigenvalue weighted by Gasteiger charge is 2.44. The number of hydrogen-bond acceptors (Lipinski definition) is 3. The number of carboxylic acid groups (broad SMARTS) is 1. The number of aromatic carboxylic acids is 1. The second-order valence-corrected chi connectivity index (χ2v) is 7.84. The first kappa shape index (κ1) is 18.8. The van der Waals surface area contributed by atoms with Crippen LogP contribution in [0.4, 0.5) is 19.0 Å². The first-order valence-corrected chi connectivity index (χ1v) is 9.35. The van der Waals surface area contributed by atoms with Crippen molar-refractivity contribution in [1.29, 1.82) is 0 Å². The Morgan fingerprint density at radius 1 is 1.14 bits per heavy atom. The summed E-state index contributed by atoms with van der Waals surface area (Å²) in [4.78, 5) is 17.8. The minimum Gasteiger partial charge on any atom is -0.478 e. The SMILES string of the molecule is Cc1cc(C(=O)O)cc(N2CC3CC(c4ccccc4C(F)(F)F)CC3C2)n1. The number of rotatable bonds is 3. The number of fused-ring (bicyclic) bond motifs is 1. The van der Waals surface area contributed by atoms with Crippen LogP contribution in [-0.2, 0) is 6.18 Å². The maximum Gasteiger partial charge on any atom is 0.416 e. The van der Waals surface area contributed by atoms with Gasteiger partial charge >= 0.3 is 12.1 Å². The number of aromatic nitrogens is 1. The number of hydrogen-bond donors (Lipinski definition) is 1. The van der Waals surface area contributed by atoms with Crippen molar-refractivity contribution in [2.75, 3.05) is 18.0 Å². The Kier molecular flexibility index (Phi) is 4.56. The Balaban J connectivity index is 1.51. The molecule has 28 heavy (non-hydrogen) atoms. The van der Waals surface area contributed by atoms with Crippen molar-refractivity contribution in [3.63, 3.8) is 0 Å². The number of carboxylic acids is 1. The Bertz CT molecular complexity index is 899. The zero-order chi connectivity index (χ0) is 20.1. The molecule has 7 heteroatoms. The van der Waals surface area contributed by atoms with Crippen LogP contribution in [0.25, 0.3) is 0 Å². The first-order valence-electron chi connectivity index (χ1n) is 9.35. The summed E-state index contributed by atoms with van der Waals surface area (Å²) in [5.41, 5.74) is 0.724. The molecule has 4 rings (SSSR count). The summed E-state index contributed by atoms with van der Waals surface area (Å²) in [7, 11) is 0. The molecule has 1 saturated carbocycles. The third-order valence-corrected chi connectivity index (χ3v) is 5.97. The third kappa shape index (κ3) is 3.45. The van der Waals surface area contributed by atoms with Gasteiger partial charge in [0.05, 0.1) is 11.1 Å². The molecule has 4 nitrogen and oxygen atoms in total. The molecule has 1 aromatic heterocycles. The smallest absolute Gasteiger partial charge is 0.416 e. The molecule has 2 unspecified atom stereocenters. The number of carbonyl (C=O) groups is 1. The second kappa shape index (κ2) is 6.79. The van der Waals surface area contributed by atoms with E-state index in [-0.39, 0.29) is 11.5 Å². The summed E-state index contributed by atoms with van der Waals surface area (Å²) in [6.07, 6.45) is -2.91. The molecule has 2 atom stereocenters. The van der Waals surface area contributed by atoms with Crippen LogP contribution in [-0.4, -0.2) is 29.1 Å². The molecule has 0 amide bonds. The van der Waals surface area contributed by atoms with Crippen molar-refractivity contribution in [2.45, 2.75) is 31.9 Å². The number of anilines is 1. The molecule has 2 aromatic rings. The van der Waals surface area contributed by atoms with Crippen LogP contribution >= 0.6 is 0 Å². The van der Waals surface area contributed by atoms with Crippen LogP contribution in [0, 0.1) is 18.8 Å². The molecule has 2 fully saturated rings. The largest absolute Gasteiger partial charge is 0.478 e. The van der Waals surface area contributed by atoms with E-state index in [2.05, 4.69) is 9.88 Å². The van der Waals surface area contributed by atoms with Crippen molar-refractivity contribution in [1.82, 2.24) is 4.98 Å². The van der Waals surface area contributed by atoms with Crippen LogP contribution in [0.2, 0.25) is 0 Å². The lowest BCUT2D eigenvalue weighted by Crippen LogP contribution is -2.23. The van der Waals surface area contributed by atoms with E-state index in [1.165, 1.54) is 18.2 Å². The van der Waals surface area contributed by atoms with Crippen molar-refractivity contribution in [3.05, 3.63) is 58.8 Å². The van der Waals surface area contributed by atoms with Gasteiger partial charge in [0, 0.05) is 18.8 Å². The van der Waals surface area contributed by atoms with E-state index in [0.29, 0.717) is 54.8 Å². The Morgan fingerprint density at radius 2 is 1.79 bits per heavy atom. The zero-order valence-electron chi connectivity index (χ0n) is 15.4. The molecule has 1 aliphatic carbocycles. The molecular formula is C21H21F3N2O2. The van der Waals surface area contributed by atoms with Crippen LogP contribution in [0.5, 0.6) is 0 Å². The number of aryl methyl sites for hydroxylation is 1. The van der Waals surface area contributed by atoms with Gasteiger partial charge in [-0.05, 0) is 61.3 Å². The van der Waals surface area contributed by atoms with Gasteiger partial charge < -0.3 is 10.0 Å². The number of alkyl halides is 3. The van der Waals surface area contributed by atoms with E-state index in [0.717, 1.165) is 0 Å². The summed E-state index contributed by atoms with van der Waals surface area (Å²) in [5.74, 6) is 0.146. The van der Waals surface area contributed by atoms with Crippen LogP contribution < -0.4 is 4.90 Å². The van der Waals surface area contributed by atoms with Gasteiger partial charge in [0.25, 0.3) is 0 Å². The van der Waals surface area contributed by atoms with Crippen LogP contribution in [0.3, 0.4) is 0 Å². The van der Waals surface area contributed by atoms with Crippen LogP contribution in [0.15, 0.2) is 36.4 Å². The molecule has 0 radical (unpaired) electrons. The van der Waals surface area contributed by atoms with E-state index < -0.39 is 17.7 Å². The maximum atomic E-state index is 13.4. The van der Waals surface area contributed by atoms with Gasteiger partial charge in [-0.3, -0.25) is 0 Å². The molecule has 2 aliphatic rings. The van der Waals surface area contributed by atoms with E-state index in [4.69, 9.17) is 0 Å². The van der Waals surface area contributed by atoms with Crippen LogP contribution in [0.1, 0.15) is 45.9 Å². The summed E-state index contributed by atoms with van der Waals surface area (Å²) >= 11 is 0. The van der Waals surface area contributed by atoms with Gasteiger partial charge in [-0.15, -0.1) is 0 Å². The number of pyridine rings is 1. The quantitative estimate of drug-likeness (QED) is 0.823. The normalized spacial score (nSPS) is 24.4. The molecule has 0 bridgehead atoms. The highest BCUT2D eigenvalue weighted by Crippen LogP contribution is 2.49. The summed E-state index contributed by atoms with van der Waals surface area (Å²) in [6, 6.07) is 9.00. The van der Waals surface area contributed by atoms with Gasteiger partial charge in [0.2, 0.25) is 0 Å². The minimum atomic E-state index is -4.33. The highest BCUT2D eigenvalue weighted by atomic mass is 19.4.